The SMILES string of the molecule is O=C(NCC(O)c1ccc(F)cc1)C1CCN(c2ccccc2[N+](=O)[O-])CC1. The fraction of sp³-hybridized carbons (Fsp3) is 0.350. The van der Waals surface area contributed by atoms with E-state index in [0.29, 0.717) is 37.2 Å². The van der Waals surface area contributed by atoms with Crippen molar-refractivity contribution in [3.05, 3.63) is 70.0 Å². The predicted molar refractivity (Wildman–Crippen MR) is 102 cm³/mol. The van der Waals surface area contributed by atoms with E-state index in [1.165, 1.54) is 30.3 Å². The van der Waals surface area contributed by atoms with E-state index < -0.39 is 11.0 Å². The van der Waals surface area contributed by atoms with Crippen LogP contribution in [0.15, 0.2) is 48.5 Å². The van der Waals surface area contributed by atoms with Gasteiger partial charge in [-0.05, 0) is 36.6 Å². The second kappa shape index (κ2) is 8.79. The first-order valence-corrected chi connectivity index (χ1v) is 9.15. The van der Waals surface area contributed by atoms with Crippen LogP contribution >= 0.6 is 0 Å². The molecule has 28 heavy (non-hydrogen) atoms. The molecule has 0 spiro atoms. The van der Waals surface area contributed by atoms with Crippen LogP contribution in [0.3, 0.4) is 0 Å². The molecule has 1 saturated heterocycles. The molecule has 1 aliphatic heterocycles. The van der Waals surface area contributed by atoms with Crippen LogP contribution < -0.4 is 10.2 Å². The highest BCUT2D eigenvalue weighted by Crippen LogP contribution is 2.31. The molecular weight excluding hydrogens is 365 g/mol. The van der Waals surface area contributed by atoms with Gasteiger partial charge < -0.3 is 15.3 Å². The van der Waals surface area contributed by atoms with Gasteiger partial charge in [0.25, 0.3) is 5.69 Å². The lowest BCUT2D eigenvalue weighted by Gasteiger charge is -2.32. The number of hydrogen-bond donors (Lipinski definition) is 2. The zero-order valence-corrected chi connectivity index (χ0v) is 15.3. The van der Waals surface area contributed by atoms with Crippen LogP contribution in [-0.4, -0.2) is 35.6 Å². The molecule has 0 aromatic heterocycles. The molecule has 1 amide bonds. The molecule has 2 aromatic rings. The number of benzene rings is 2. The van der Waals surface area contributed by atoms with Gasteiger partial charge in [-0.3, -0.25) is 14.9 Å². The van der Waals surface area contributed by atoms with E-state index in [-0.39, 0.29) is 29.9 Å². The monoisotopic (exact) mass is 387 g/mol. The Hall–Kier alpha value is -3.00. The second-order valence-corrected chi connectivity index (χ2v) is 6.82. The molecule has 7 nitrogen and oxygen atoms in total. The normalized spacial score (nSPS) is 15.9. The molecular formula is C20H22FN3O4. The number of rotatable bonds is 6. The van der Waals surface area contributed by atoms with Gasteiger partial charge in [0, 0.05) is 31.6 Å². The summed E-state index contributed by atoms with van der Waals surface area (Å²) in [5.41, 5.74) is 1.17. The van der Waals surface area contributed by atoms with Crippen molar-refractivity contribution in [3.63, 3.8) is 0 Å². The molecule has 1 aliphatic rings. The summed E-state index contributed by atoms with van der Waals surface area (Å²) in [6, 6.07) is 12.1. The van der Waals surface area contributed by atoms with Gasteiger partial charge >= 0.3 is 0 Å². The number of piperidine rings is 1. The first kappa shape index (κ1) is 19.8. The minimum Gasteiger partial charge on any atom is -0.387 e. The van der Waals surface area contributed by atoms with Crippen molar-refractivity contribution < 1.29 is 19.2 Å². The van der Waals surface area contributed by atoms with Crippen LogP contribution in [0.25, 0.3) is 0 Å². The zero-order chi connectivity index (χ0) is 20.1. The topological polar surface area (TPSA) is 95.7 Å². The van der Waals surface area contributed by atoms with Gasteiger partial charge in [0.05, 0.1) is 11.0 Å². The van der Waals surface area contributed by atoms with Crippen LogP contribution in [0, 0.1) is 21.8 Å². The van der Waals surface area contributed by atoms with E-state index in [1.807, 2.05) is 4.90 Å². The Bertz CT molecular complexity index is 836. The first-order chi connectivity index (χ1) is 13.5. The number of hydrogen-bond acceptors (Lipinski definition) is 5. The van der Waals surface area contributed by atoms with Crippen molar-refractivity contribution >= 4 is 17.3 Å². The molecule has 148 valence electrons. The Morgan fingerprint density at radius 2 is 1.86 bits per heavy atom. The number of carbonyl (C=O) groups excluding carboxylic acids is 1. The maximum absolute atomic E-state index is 12.9. The number of carbonyl (C=O) groups is 1. The van der Waals surface area contributed by atoms with E-state index >= 15 is 0 Å². The maximum atomic E-state index is 12.9. The fourth-order valence-electron chi connectivity index (χ4n) is 3.41. The molecule has 3 rings (SSSR count). The summed E-state index contributed by atoms with van der Waals surface area (Å²) in [7, 11) is 0. The standard InChI is InChI=1S/C20H22FN3O4/c21-16-7-5-14(6-8-16)19(25)13-22-20(26)15-9-11-23(12-10-15)17-3-1-2-4-18(17)24(27)28/h1-8,15,19,25H,9-13H2,(H,22,26). The number of nitrogens with zero attached hydrogens (tertiary/aromatic N) is 2. The van der Waals surface area contributed by atoms with Crippen molar-refractivity contribution in [2.75, 3.05) is 24.5 Å². The fourth-order valence-corrected chi connectivity index (χ4v) is 3.41. The minimum atomic E-state index is -0.906. The van der Waals surface area contributed by atoms with Crippen LogP contribution in [0.4, 0.5) is 15.8 Å². The van der Waals surface area contributed by atoms with E-state index in [9.17, 15) is 24.4 Å². The Morgan fingerprint density at radius 1 is 1.21 bits per heavy atom. The number of aliphatic hydroxyl groups excluding tert-OH is 1. The minimum absolute atomic E-state index is 0.0504. The van der Waals surface area contributed by atoms with Gasteiger partial charge in [-0.2, -0.15) is 0 Å². The summed E-state index contributed by atoms with van der Waals surface area (Å²) >= 11 is 0. The number of nitro groups is 1. The van der Waals surface area contributed by atoms with E-state index in [4.69, 9.17) is 0 Å². The smallest absolute Gasteiger partial charge is 0.292 e. The molecule has 1 fully saturated rings. The molecule has 2 N–H and O–H groups in total. The van der Waals surface area contributed by atoms with Crippen molar-refractivity contribution in [1.82, 2.24) is 5.32 Å². The first-order valence-electron chi connectivity index (χ1n) is 9.15. The van der Waals surface area contributed by atoms with Crippen LogP contribution in [0.1, 0.15) is 24.5 Å². The third kappa shape index (κ3) is 4.64. The highest BCUT2D eigenvalue weighted by molar-refractivity contribution is 5.79. The lowest BCUT2D eigenvalue weighted by Crippen LogP contribution is -2.41. The number of nitrogens with one attached hydrogen (secondary N) is 1. The average Bonchev–Trinajstić information content (AvgIpc) is 2.72. The number of para-hydroxylation sites is 2. The molecule has 1 unspecified atom stereocenters. The largest absolute Gasteiger partial charge is 0.387 e. The number of anilines is 1. The Balaban J connectivity index is 1.51. The molecule has 0 bridgehead atoms. The molecule has 1 heterocycles. The van der Waals surface area contributed by atoms with Gasteiger partial charge in [-0.1, -0.05) is 24.3 Å². The van der Waals surface area contributed by atoms with Crippen LogP contribution in [-0.2, 0) is 4.79 Å². The van der Waals surface area contributed by atoms with Gasteiger partial charge in [0.15, 0.2) is 0 Å². The third-order valence-electron chi connectivity index (χ3n) is 5.01. The summed E-state index contributed by atoms with van der Waals surface area (Å²) < 4.78 is 12.9. The van der Waals surface area contributed by atoms with Gasteiger partial charge in [0.2, 0.25) is 5.91 Å². The summed E-state index contributed by atoms with van der Waals surface area (Å²) in [6.45, 7) is 1.14. The average molecular weight is 387 g/mol. The molecule has 2 aromatic carbocycles. The Kier molecular flexibility index (Phi) is 6.20. The van der Waals surface area contributed by atoms with Gasteiger partial charge in [-0.25, -0.2) is 4.39 Å². The lowest BCUT2D eigenvalue weighted by molar-refractivity contribution is -0.384. The van der Waals surface area contributed by atoms with Gasteiger partial charge in [-0.15, -0.1) is 0 Å². The summed E-state index contributed by atoms with van der Waals surface area (Å²) in [6.07, 6.45) is 0.242. The number of aliphatic hydroxyl groups is 1. The number of halogens is 1. The second-order valence-electron chi connectivity index (χ2n) is 6.82. The van der Waals surface area contributed by atoms with Crippen LogP contribution in [0.2, 0.25) is 0 Å². The zero-order valence-electron chi connectivity index (χ0n) is 15.3. The number of amides is 1. The molecule has 0 aliphatic carbocycles. The Morgan fingerprint density at radius 3 is 2.50 bits per heavy atom. The highest BCUT2D eigenvalue weighted by atomic mass is 19.1. The summed E-state index contributed by atoms with van der Waals surface area (Å²) in [5.74, 6) is -0.742. The van der Waals surface area contributed by atoms with Crippen LogP contribution in [0.5, 0.6) is 0 Å². The number of nitro benzene ring substituents is 1. The maximum Gasteiger partial charge on any atom is 0.292 e. The van der Waals surface area contributed by atoms with E-state index in [0.717, 1.165) is 0 Å². The summed E-state index contributed by atoms with van der Waals surface area (Å²) in [5, 5.41) is 24.1. The molecule has 0 radical (unpaired) electrons. The molecule has 1 atom stereocenters. The Labute approximate surface area is 161 Å². The highest BCUT2D eigenvalue weighted by Gasteiger charge is 2.28. The van der Waals surface area contributed by atoms with Crippen molar-refractivity contribution in [2.24, 2.45) is 5.92 Å². The van der Waals surface area contributed by atoms with Crippen molar-refractivity contribution in [1.29, 1.82) is 0 Å². The van der Waals surface area contributed by atoms with Crippen molar-refractivity contribution in [3.8, 4) is 0 Å². The summed E-state index contributed by atoms with van der Waals surface area (Å²) in [4.78, 5) is 25.1. The van der Waals surface area contributed by atoms with E-state index in [2.05, 4.69) is 5.32 Å². The third-order valence-corrected chi connectivity index (χ3v) is 5.01. The molecule has 0 saturated carbocycles. The van der Waals surface area contributed by atoms with Gasteiger partial charge in [0.1, 0.15) is 11.5 Å². The quantitative estimate of drug-likeness (QED) is 0.587. The predicted octanol–water partition coefficient (Wildman–Crippen LogP) is 2.80. The molecule has 8 heteroatoms. The van der Waals surface area contributed by atoms with E-state index in [1.54, 1.807) is 18.2 Å². The van der Waals surface area contributed by atoms with Crippen molar-refractivity contribution in [2.45, 2.75) is 18.9 Å². The lowest BCUT2D eigenvalue weighted by atomic mass is 9.95.